The lowest BCUT2D eigenvalue weighted by Gasteiger charge is -2.30. The second-order valence-electron chi connectivity index (χ2n) is 8.63. The molecule has 5 rings (SSSR count). The van der Waals surface area contributed by atoms with Gasteiger partial charge in [0.1, 0.15) is 5.69 Å². The molecule has 4 aromatic rings. The van der Waals surface area contributed by atoms with Gasteiger partial charge in [0.15, 0.2) is 0 Å². The number of nitrogens with two attached hydrogens (primary N) is 1. The fourth-order valence-corrected chi connectivity index (χ4v) is 4.49. The smallest absolute Gasteiger partial charge is 0.270 e. The van der Waals surface area contributed by atoms with E-state index in [4.69, 9.17) is 10.7 Å². The molecule has 3 aromatic heterocycles. The van der Waals surface area contributed by atoms with E-state index in [9.17, 15) is 4.79 Å². The Bertz CT molecular complexity index is 1280. The Morgan fingerprint density at radius 2 is 1.94 bits per heavy atom. The lowest BCUT2D eigenvalue weighted by molar-refractivity contribution is 0.0921. The van der Waals surface area contributed by atoms with Crippen molar-refractivity contribution in [2.24, 2.45) is 0 Å². The number of para-hydroxylation sites is 1. The maximum atomic E-state index is 12.5. The minimum absolute atomic E-state index is 0.0710. The molecule has 168 valence electrons. The molecule has 1 aromatic carbocycles. The van der Waals surface area contributed by atoms with E-state index in [0.717, 1.165) is 53.4 Å². The molecule has 1 saturated carbocycles. The third-order valence-corrected chi connectivity index (χ3v) is 6.18. The molecule has 0 unspecified atom stereocenters. The lowest BCUT2D eigenvalue weighted by atomic mass is 9.91. The molecule has 5 N–H and O–H groups in total. The van der Waals surface area contributed by atoms with Crippen LogP contribution in [0.2, 0.25) is 0 Å². The average molecular weight is 442 g/mol. The van der Waals surface area contributed by atoms with Crippen molar-refractivity contribution in [3.05, 3.63) is 66.2 Å². The van der Waals surface area contributed by atoms with E-state index >= 15 is 0 Å². The molecule has 0 spiro atoms. The van der Waals surface area contributed by atoms with Gasteiger partial charge in [-0.2, -0.15) is 0 Å². The highest BCUT2D eigenvalue weighted by Crippen LogP contribution is 2.30. The number of carbonyl (C=O) groups excluding carboxylic acids is 1. The number of aromatic nitrogens is 4. The summed E-state index contributed by atoms with van der Waals surface area (Å²) in [6.07, 6.45) is 9.13. The number of carbonyl (C=O) groups is 1. The number of rotatable bonds is 5. The largest absolute Gasteiger partial charge is 0.397 e. The molecule has 1 fully saturated rings. The second kappa shape index (κ2) is 8.90. The van der Waals surface area contributed by atoms with Crippen LogP contribution in [0.1, 0.15) is 41.7 Å². The number of H-pyrrole nitrogens is 1. The van der Waals surface area contributed by atoms with Gasteiger partial charge in [0, 0.05) is 40.9 Å². The van der Waals surface area contributed by atoms with Crippen LogP contribution in [-0.4, -0.2) is 37.9 Å². The molecular formula is C25H27N7O. The molecule has 8 nitrogen and oxygen atoms in total. The van der Waals surface area contributed by atoms with Gasteiger partial charge in [-0.15, -0.1) is 0 Å². The zero-order valence-electron chi connectivity index (χ0n) is 18.5. The fourth-order valence-electron chi connectivity index (χ4n) is 4.49. The first-order valence-corrected chi connectivity index (χ1v) is 11.3. The Balaban J connectivity index is 1.29. The quantitative estimate of drug-likeness (QED) is 0.370. The van der Waals surface area contributed by atoms with Gasteiger partial charge in [0.05, 0.1) is 17.6 Å². The van der Waals surface area contributed by atoms with Gasteiger partial charge < -0.3 is 21.4 Å². The molecule has 0 aliphatic heterocycles. The minimum Gasteiger partial charge on any atom is -0.397 e. The Morgan fingerprint density at radius 1 is 1.09 bits per heavy atom. The number of aromatic amines is 1. The number of benzene rings is 1. The Hall–Kier alpha value is -3.94. The maximum Gasteiger partial charge on any atom is 0.270 e. The van der Waals surface area contributed by atoms with Gasteiger partial charge in [-0.1, -0.05) is 18.2 Å². The van der Waals surface area contributed by atoms with Crippen LogP contribution in [-0.2, 0) is 0 Å². The molecule has 0 bridgehead atoms. The molecule has 3 heterocycles. The standard InChI is InChI=1S/C25H27N7O/c1-15-12-29-25(32-23(15)20-14-28-21-8-3-2-7-19(20)21)31-18-6-4-5-17(11-18)30-24(33)22-10-9-16(26)13-27-22/h2-3,7-10,12-14,17-18,28H,4-6,11,26H2,1H3,(H,30,33)(H,29,31,32)/t17-,18+/m0/s1. The SMILES string of the molecule is Cc1cnc(N[C@@H]2CCC[C@H](NC(=O)c3ccc(N)cn3)C2)nc1-c1c[nH]c2ccccc12. The number of pyridine rings is 1. The number of aryl methyl sites for hydroxylation is 1. The highest BCUT2D eigenvalue weighted by Gasteiger charge is 2.25. The van der Waals surface area contributed by atoms with Crippen LogP contribution in [0.15, 0.2) is 55.0 Å². The summed E-state index contributed by atoms with van der Waals surface area (Å²) in [5.74, 6) is 0.437. The maximum absolute atomic E-state index is 12.5. The first kappa shape index (κ1) is 20.9. The van der Waals surface area contributed by atoms with Crippen LogP contribution in [0.3, 0.4) is 0 Å². The number of amides is 1. The summed E-state index contributed by atoms with van der Waals surface area (Å²) < 4.78 is 0. The predicted molar refractivity (Wildman–Crippen MR) is 130 cm³/mol. The van der Waals surface area contributed by atoms with Gasteiger partial charge in [0.25, 0.3) is 5.91 Å². The zero-order chi connectivity index (χ0) is 22.8. The monoisotopic (exact) mass is 441 g/mol. The van der Waals surface area contributed by atoms with Gasteiger partial charge in [-0.25, -0.2) is 15.0 Å². The summed E-state index contributed by atoms with van der Waals surface area (Å²) in [5, 5.41) is 7.74. The van der Waals surface area contributed by atoms with Crippen molar-refractivity contribution in [3.8, 4) is 11.3 Å². The van der Waals surface area contributed by atoms with E-state index in [1.807, 2.05) is 31.5 Å². The van der Waals surface area contributed by atoms with Crippen molar-refractivity contribution < 1.29 is 4.79 Å². The lowest BCUT2D eigenvalue weighted by Crippen LogP contribution is -2.42. The van der Waals surface area contributed by atoms with E-state index in [1.165, 1.54) is 6.20 Å². The van der Waals surface area contributed by atoms with Gasteiger partial charge in [-0.3, -0.25) is 4.79 Å². The van der Waals surface area contributed by atoms with Crippen LogP contribution >= 0.6 is 0 Å². The predicted octanol–water partition coefficient (Wildman–Crippen LogP) is 4.06. The molecule has 1 aliphatic carbocycles. The Labute approximate surface area is 192 Å². The van der Waals surface area contributed by atoms with E-state index in [1.54, 1.807) is 12.1 Å². The minimum atomic E-state index is -0.172. The van der Waals surface area contributed by atoms with E-state index in [-0.39, 0.29) is 18.0 Å². The molecule has 33 heavy (non-hydrogen) atoms. The summed E-state index contributed by atoms with van der Waals surface area (Å²) in [7, 11) is 0. The summed E-state index contributed by atoms with van der Waals surface area (Å²) in [6.45, 7) is 2.03. The normalized spacial score (nSPS) is 18.2. The Morgan fingerprint density at radius 3 is 2.79 bits per heavy atom. The number of hydrogen-bond acceptors (Lipinski definition) is 6. The summed E-state index contributed by atoms with van der Waals surface area (Å²) in [5.41, 5.74) is 10.7. The number of nitrogens with one attached hydrogen (secondary N) is 3. The van der Waals surface area contributed by atoms with Crippen molar-refractivity contribution in [1.29, 1.82) is 0 Å². The fraction of sp³-hybridized carbons (Fsp3) is 0.280. The van der Waals surface area contributed by atoms with Gasteiger partial charge >= 0.3 is 0 Å². The number of nitrogen functional groups attached to an aromatic ring is 1. The molecule has 0 radical (unpaired) electrons. The van der Waals surface area contributed by atoms with Crippen LogP contribution in [0.25, 0.3) is 22.2 Å². The van der Waals surface area contributed by atoms with Crippen molar-refractivity contribution in [2.75, 3.05) is 11.1 Å². The van der Waals surface area contributed by atoms with E-state index < -0.39 is 0 Å². The second-order valence-corrected chi connectivity index (χ2v) is 8.63. The molecular weight excluding hydrogens is 414 g/mol. The van der Waals surface area contributed by atoms with Crippen molar-refractivity contribution in [3.63, 3.8) is 0 Å². The molecule has 1 aliphatic rings. The first-order valence-electron chi connectivity index (χ1n) is 11.3. The molecule has 8 heteroatoms. The summed E-state index contributed by atoms with van der Waals surface area (Å²) in [4.78, 5) is 29.4. The van der Waals surface area contributed by atoms with Crippen LogP contribution in [0, 0.1) is 6.92 Å². The third-order valence-electron chi connectivity index (χ3n) is 6.18. The van der Waals surface area contributed by atoms with E-state index in [2.05, 4.69) is 37.7 Å². The number of nitrogens with zero attached hydrogens (tertiary/aromatic N) is 3. The van der Waals surface area contributed by atoms with Gasteiger partial charge in [-0.05, 0) is 56.4 Å². The Kier molecular flexibility index (Phi) is 5.64. The van der Waals surface area contributed by atoms with Crippen molar-refractivity contribution in [1.82, 2.24) is 25.3 Å². The zero-order valence-corrected chi connectivity index (χ0v) is 18.5. The number of hydrogen-bond donors (Lipinski definition) is 4. The van der Waals surface area contributed by atoms with Crippen LogP contribution in [0.5, 0.6) is 0 Å². The van der Waals surface area contributed by atoms with Gasteiger partial charge in [0.2, 0.25) is 5.95 Å². The van der Waals surface area contributed by atoms with Crippen molar-refractivity contribution >= 4 is 28.4 Å². The van der Waals surface area contributed by atoms with Crippen LogP contribution in [0.4, 0.5) is 11.6 Å². The molecule has 1 amide bonds. The summed E-state index contributed by atoms with van der Waals surface area (Å²) in [6, 6.07) is 11.8. The van der Waals surface area contributed by atoms with E-state index in [0.29, 0.717) is 17.3 Å². The number of fused-ring (bicyclic) bond motifs is 1. The molecule has 0 saturated heterocycles. The summed E-state index contributed by atoms with van der Waals surface area (Å²) >= 11 is 0. The average Bonchev–Trinajstić information content (AvgIpc) is 3.25. The molecule has 2 atom stereocenters. The highest BCUT2D eigenvalue weighted by atomic mass is 16.1. The third kappa shape index (κ3) is 4.50. The topological polar surface area (TPSA) is 122 Å². The number of anilines is 2. The highest BCUT2D eigenvalue weighted by molar-refractivity contribution is 5.95. The van der Waals surface area contributed by atoms with Crippen LogP contribution < -0.4 is 16.4 Å². The first-order chi connectivity index (χ1) is 16.1. The van der Waals surface area contributed by atoms with Crippen molar-refractivity contribution in [2.45, 2.75) is 44.7 Å².